The van der Waals surface area contributed by atoms with Gasteiger partial charge in [0.05, 0.1) is 0 Å². The van der Waals surface area contributed by atoms with Crippen molar-refractivity contribution in [2.75, 3.05) is 24.8 Å². The molecule has 0 saturated heterocycles. The maximum absolute atomic E-state index is 11.1. The van der Waals surface area contributed by atoms with Crippen molar-refractivity contribution in [3.63, 3.8) is 0 Å². The molecular weight excluding hydrogens is 160 g/mol. The van der Waals surface area contributed by atoms with E-state index in [9.17, 15) is 9.59 Å². The van der Waals surface area contributed by atoms with Crippen LogP contribution in [0, 0.1) is 0 Å². The molecule has 0 spiro atoms. The molecule has 3 N–H and O–H groups in total. The third kappa shape index (κ3) is 1.31. The van der Waals surface area contributed by atoms with Crippen molar-refractivity contribution in [3.05, 3.63) is 26.9 Å². The summed E-state index contributed by atoms with van der Waals surface area (Å²) in [7, 11) is 3.30. The minimum atomic E-state index is -0.537. The Balaban J connectivity index is 3.49. The first kappa shape index (κ1) is 8.38. The smallest absolute Gasteiger partial charge is 0.348 e. The van der Waals surface area contributed by atoms with E-state index in [1.807, 2.05) is 0 Å². The first-order chi connectivity index (χ1) is 5.52. The lowest BCUT2D eigenvalue weighted by atomic mass is 10.6. The molecule has 6 heteroatoms. The van der Waals surface area contributed by atoms with Gasteiger partial charge in [-0.2, -0.15) is 4.68 Å². The van der Waals surface area contributed by atoms with Crippen LogP contribution in [0.3, 0.4) is 0 Å². The molecular formula is C6H10N4O2. The van der Waals surface area contributed by atoms with Crippen LogP contribution in [0.2, 0.25) is 0 Å². The Kier molecular flexibility index (Phi) is 1.90. The van der Waals surface area contributed by atoms with Crippen molar-refractivity contribution in [2.45, 2.75) is 0 Å². The Bertz CT molecular complexity index is 389. The van der Waals surface area contributed by atoms with E-state index >= 15 is 0 Å². The number of aromatic nitrogens is 2. The molecule has 0 atom stereocenters. The van der Waals surface area contributed by atoms with Crippen LogP contribution in [0.4, 0.5) is 5.82 Å². The second-order valence-electron chi connectivity index (χ2n) is 2.52. The first-order valence-electron chi connectivity index (χ1n) is 3.32. The Morgan fingerprint density at radius 1 is 1.50 bits per heavy atom. The van der Waals surface area contributed by atoms with Gasteiger partial charge in [0.2, 0.25) is 0 Å². The molecule has 1 rings (SSSR count). The van der Waals surface area contributed by atoms with Gasteiger partial charge in [0.15, 0.2) is 0 Å². The van der Waals surface area contributed by atoms with Crippen LogP contribution in [0.5, 0.6) is 0 Å². The highest BCUT2D eigenvalue weighted by Gasteiger charge is 2.02. The normalized spacial score (nSPS) is 9.83. The van der Waals surface area contributed by atoms with Crippen LogP contribution >= 0.6 is 0 Å². The van der Waals surface area contributed by atoms with E-state index in [1.54, 1.807) is 14.1 Å². The third-order valence-electron chi connectivity index (χ3n) is 1.35. The van der Waals surface area contributed by atoms with E-state index in [4.69, 9.17) is 5.73 Å². The molecule has 1 aromatic rings. The van der Waals surface area contributed by atoms with Gasteiger partial charge in [0.25, 0.3) is 5.56 Å². The van der Waals surface area contributed by atoms with Gasteiger partial charge in [-0.05, 0) is 0 Å². The highest BCUT2D eigenvalue weighted by Crippen LogP contribution is 1.89. The highest BCUT2D eigenvalue weighted by molar-refractivity contribution is 5.27. The lowest BCUT2D eigenvalue weighted by molar-refractivity contribution is 0.682. The Morgan fingerprint density at radius 3 is 2.50 bits per heavy atom. The quantitative estimate of drug-likeness (QED) is 0.527. The van der Waals surface area contributed by atoms with Gasteiger partial charge >= 0.3 is 5.69 Å². The Hall–Kier alpha value is -1.72. The second-order valence-corrected chi connectivity index (χ2v) is 2.52. The van der Waals surface area contributed by atoms with E-state index in [-0.39, 0.29) is 5.82 Å². The molecule has 1 aromatic heterocycles. The summed E-state index contributed by atoms with van der Waals surface area (Å²) in [5, 5.41) is 1.48. The lowest BCUT2D eigenvalue weighted by Crippen LogP contribution is -2.41. The van der Waals surface area contributed by atoms with Gasteiger partial charge in [-0.1, -0.05) is 0 Å². The van der Waals surface area contributed by atoms with E-state index in [0.29, 0.717) is 0 Å². The molecule has 0 aliphatic carbocycles. The molecule has 1 heterocycles. The molecule has 0 unspecified atom stereocenters. The van der Waals surface area contributed by atoms with E-state index < -0.39 is 11.2 Å². The molecule has 0 fully saturated rings. The molecule has 0 aliphatic rings. The topological polar surface area (TPSA) is 84.1 Å². The van der Waals surface area contributed by atoms with Crippen LogP contribution in [-0.4, -0.2) is 23.8 Å². The summed E-state index contributed by atoms with van der Waals surface area (Å²) >= 11 is 0. The molecule has 0 amide bonds. The first-order valence-corrected chi connectivity index (χ1v) is 3.32. The van der Waals surface area contributed by atoms with Crippen LogP contribution < -0.4 is 22.0 Å². The number of nitrogen functional groups attached to an aromatic ring is 1. The number of hydrogen-bond donors (Lipinski definition) is 2. The Morgan fingerprint density at radius 2 is 2.08 bits per heavy atom. The zero-order chi connectivity index (χ0) is 9.30. The number of nitrogens with one attached hydrogen (secondary N) is 1. The predicted octanol–water partition coefficient (Wildman–Crippen LogP) is -1.68. The highest BCUT2D eigenvalue weighted by atomic mass is 16.2. The average molecular weight is 170 g/mol. The zero-order valence-electron chi connectivity index (χ0n) is 6.87. The standard InChI is InChI=1S/C6H10N4O2/c1-9(2)10-4(7)3-5(11)8-6(10)12/h3H,7H2,1-2H3,(H,8,11,12). The van der Waals surface area contributed by atoms with Gasteiger partial charge in [0.1, 0.15) is 5.82 Å². The number of nitrogens with two attached hydrogens (primary N) is 1. The van der Waals surface area contributed by atoms with Crippen LogP contribution in [0.25, 0.3) is 0 Å². The predicted molar refractivity (Wildman–Crippen MR) is 45.8 cm³/mol. The van der Waals surface area contributed by atoms with Crippen molar-refractivity contribution in [3.8, 4) is 0 Å². The lowest BCUT2D eigenvalue weighted by Gasteiger charge is -2.16. The average Bonchev–Trinajstić information content (AvgIpc) is 1.82. The number of anilines is 1. The van der Waals surface area contributed by atoms with Crippen molar-refractivity contribution in [1.29, 1.82) is 0 Å². The van der Waals surface area contributed by atoms with Gasteiger partial charge in [-0.25, -0.2) is 4.79 Å². The van der Waals surface area contributed by atoms with Crippen LogP contribution in [0.1, 0.15) is 0 Å². The molecule has 6 nitrogen and oxygen atoms in total. The maximum Gasteiger partial charge on any atom is 0.348 e. The van der Waals surface area contributed by atoms with E-state index in [1.165, 1.54) is 5.01 Å². The third-order valence-corrected chi connectivity index (χ3v) is 1.35. The molecule has 0 saturated carbocycles. The van der Waals surface area contributed by atoms with Crippen molar-refractivity contribution in [2.24, 2.45) is 0 Å². The molecule has 0 aromatic carbocycles. The fourth-order valence-electron chi connectivity index (χ4n) is 0.920. The van der Waals surface area contributed by atoms with Crippen molar-refractivity contribution < 1.29 is 0 Å². The molecule has 12 heavy (non-hydrogen) atoms. The molecule has 0 radical (unpaired) electrons. The number of nitrogens with zero attached hydrogens (tertiary/aromatic N) is 2. The molecule has 0 bridgehead atoms. The SMILES string of the molecule is CN(C)n1c(N)cc(=O)[nH]c1=O. The summed E-state index contributed by atoms with van der Waals surface area (Å²) in [6, 6.07) is 1.15. The number of aromatic amines is 1. The van der Waals surface area contributed by atoms with E-state index in [2.05, 4.69) is 4.98 Å². The van der Waals surface area contributed by atoms with Gasteiger partial charge < -0.3 is 10.7 Å². The summed E-state index contributed by atoms with van der Waals surface area (Å²) in [5.74, 6) is 0.119. The van der Waals surface area contributed by atoms with Gasteiger partial charge in [0, 0.05) is 20.2 Å². The monoisotopic (exact) mass is 170 g/mol. The molecule has 66 valence electrons. The summed E-state index contributed by atoms with van der Waals surface area (Å²) < 4.78 is 1.15. The summed E-state index contributed by atoms with van der Waals surface area (Å²) in [6.07, 6.45) is 0. The fraction of sp³-hybridized carbons (Fsp3) is 0.333. The van der Waals surface area contributed by atoms with Crippen LogP contribution in [0.15, 0.2) is 15.7 Å². The van der Waals surface area contributed by atoms with Gasteiger partial charge in [-0.15, -0.1) is 0 Å². The number of hydrogen-bond acceptors (Lipinski definition) is 4. The van der Waals surface area contributed by atoms with E-state index in [0.717, 1.165) is 10.7 Å². The Labute approximate surface area is 68.2 Å². The minimum Gasteiger partial charge on any atom is -0.383 e. The number of H-pyrrole nitrogens is 1. The summed E-state index contributed by atoms with van der Waals surface area (Å²) in [5.41, 5.74) is 4.40. The summed E-state index contributed by atoms with van der Waals surface area (Å²) in [6.45, 7) is 0. The van der Waals surface area contributed by atoms with Crippen molar-refractivity contribution in [1.82, 2.24) is 9.66 Å². The minimum absolute atomic E-state index is 0.119. The van der Waals surface area contributed by atoms with Gasteiger partial charge in [-0.3, -0.25) is 9.78 Å². The van der Waals surface area contributed by atoms with Crippen molar-refractivity contribution >= 4 is 5.82 Å². The largest absolute Gasteiger partial charge is 0.383 e. The second kappa shape index (κ2) is 2.72. The van der Waals surface area contributed by atoms with Crippen LogP contribution in [-0.2, 0) is 0 Å². The maximum atomic E-state index is 11.1. The fourth-order valence-corrected chi connectivity index (χ4v) is 0.920. The number of rotatable bonds is 1. The summed E-state index contributed by atoms with van der Waals surface area (Å²) in [4.78, 5) is 23.9. The molecule has 0 aliphatic heterocycles. The zero-order valence-corrected chi connectivity index (χ0v) is 6.87.